The van der Waals surface area contributed by atoms with Gasteiger partial charge in [-0.25, -0.2) is 4.79 Å². The molecule has 0 N–H and O–H groups in total. The molecule has 0 bridgehead atoms. The van der Waals surface area contributed by atoms with Crippen LogP contribution >= 0.6 is 11.6 Å². The largest absolute Gasteiger partial charge is 0.461 e. The molecule has 1 atom stereocenters. The summed E-state index contributed by atoms with van der Waals surface area (Å²) >= 11 is 6.12. The minimum atomic E-state index is -0.340. The van der Waals surface area contributed by atoms with Crippen LogP contribution in [-0.4, -0.2) is 18.0 Å². The fraction of sp³-hybridized carbons (Fsp3) is 0.471. The Bertz CT molecular complexity index is 401. The number of hydrogen-bond acceptors (Lipinski definition) is 2. The van der Waals surface area contributed by atoms with E-state index in [4.69, 9.17) is 16.3 Å². The zero-order valence-corrected chi connectivity index (χ0v) is 12.8. The molecule has 110 valence electrons. The van der Waals surface area contributed by atoms with Gasteiger partial charge in [0.25, 0.3) is 0 Å². The van der Waals surface area contributed by atoms with Gasteiger partial charge in [-0.1, -0.05) is 62.9 Å². The van der Waals surface area contributed by atoms with Gasteiger partial charge in [-0.2, -0.15) is 0 Å². The van der Waals surface area contributed by atoms with Crippen LogP contribution in [0.1, 0.15) is 44.6 Å². The van der Waals surface area contributed by atoms with Crippen LogP contribution in [0.5, 0.6) is 0 Å². The van der Waals surface area contributed by atoms with E-state index in [2.05, 4.69) is 6.92 Å². The Kier molecular flexibility index (Phi) is 8.81. The van der Waals surface area contributed by atoms with Crippen molar-refractivity contribution in [3.8, 4) is 0 Å². The first-order valence-electron chi connectivity index (χ1n) is 7.26. The molecule has 1 unspecified atom stereocenters. The van der Waals surface area contributed by atoms with Crippen LogP contribution in [0.2, 0.25) is 0 Å². The van der Waals surface area contributed by atoms with Gasteiger partial charge in [-0.15, -0.1) is 11.6 Å². The maximum atomic E-state index is 11.5. The van der Waals surface area contributed by atoms with Crippen molar-refractivity contribution in [1.29, 1.82) is 0 Å². The van der Waals surface area contributed by atoms with Crippen LogP contribution in [0.4, 0.5) is 0 Å². The highest BCUT2D eigenvalue weighted by molar-refractivity contribution is 6.20. The van der Waals surface area contributed by atoms with Crippen LogP contribution in [0.15, 0.2) is 36.4 Å². The number of rotatable bonds is 9. The van der Waals surface area contributed by atoms with Gasteiger partial charge >= 0.3 is 5.97 Å². The molecule has 0 aromatic heterocycles. The van der Waals surface area contributed by atoms with Crippen molar-refractivity contribution in [2.75, 3.05) is 6.61 Å². The summed E-state index contributed by atoms with van der Waals surface area (Å²) in [7, 11) is 0. The second kappa shape index (κ2) is 10.5. The minimum Gasteiger partial charge on any atom is -0.461 e. The molecule has 1 aromatic carbocycles. The van der Waals surface area contributed by atoms with E-state index in [1.165, 1.54) is 25.3 Å². The number of carbonyl (C=O) groups excluding carboxylic acids is 1. The van der Waals surface area contributed by atoms with Gasteiger partial charge in [-0.3, -0.25) is 0 Å². The molecular weight excluding hydrogens is 272 g/mol. The summed E-state index contributed by atoms with van der Waals surface area (Å²) in [5, 5.41) is -0.0825. The summed E-state index contributed by atoms with van der Waals surface area (Å²) in [5.74, 6) is -0.340. The molecule has 0 saturated carbocycles. The van der Waals surface area contributed by atoms with Crippen LogP contribution in [0.25, 0.3) is 6.08 Å². The molecule has 0 aliphatic carbocycles. The molecule has 0 fully saturated rings. The molecule has 0 saturated heterocycles. The van der Waals surface area contributed by atoms with Crippen molar-refractivity contribution in [3.05, 3.63) is 42.0 Å². The molecule has 20 heavy (non-hydrogen) atoms. The summed E-state index contributed by atoms with van der Waals surface area (Å²) in [6.45, 7) is 2.46. The molecule has 0 amide bonds. The van der Waals surface area contributed by atoms with E-state index in [-0.39, 0.29) is 18.0 Å². The number of carbonyl (C=O) groups is 1. The fourth-order valence-electron chi connectivity index (χ4n) is 1.83. The molecule has 0 spiro atoms. The normalized spacial score (nSPS) is 12.5. The molecule has 1 aromatic rings. The van der Waals surface area contributed by atoms with Gasteiger partial charge in [0.05, 0.1) is 5.38 Å². The van der Waals surface area contributed by atoms with Gasteiger partial charge in [0.2, 0.25) is 0 Å². The number of unbranched alkanes of at least 4 members (excludes halogenated alkanes) is 3. The van der Waals surface area contributed by atoms with E-state index in [9.17, 15) is 4.79 Å². The topological polar surface area (TPSA) is 26.3 Å². The smallest absolute Gasteiger partial charge is 0.330 e. The first kappa shape index (κ1) is 16.8. The monoisotopic (exact) mass is 294 g/mol. The molecular formula is C17H23ClO2. The zero-order valence-electron chi connectivity index (χ0n) is 12.1. The third kappa shape index (κ3) is 8.00. The number of ether oxygens (including phenoxy) is 1. The Hall–Kier alpha value is -1.28. The standard InChI is InChI=1S/C17H23ClO2/c1-2-3-4-8-11-16(18)14-20-17(19)13-12-15-9-6-5-7-10-15/h5-7,9-10,12-13,16H,2-4,8,11,14H2,1H3/b13-12+. The second-order valence-electron chi connectivity index (χ2n) is 4.82. The van der Waals surface area contributed by atoms with Crippen molar-refractivity contribution < 1.29 is 9.53 Å². The Labute approximate surface area is 126 Å². The van der Waals surface area contributed by atoms with Gasteiger partial charge in [-0.05, 0) is 18.1 Å². The summed E-state index contributed by atoms with van der Waals surface area (Å²) in [6, 6.07) is 9.65. The third-order valence-corrected chi connectivity index (χ3v) is 3.33. The Morgan fingerprint density at radius 1 is 1.25 bits per heavy atom. The van der Waals surface area contributed by atoms with E-state index in [0.29, 0.717) is 0 Å². The molecule has 1 rings (SSSR count). The SMILES string of the molecule is CCCCCCC(Cl)COC(=O)/C=C/c1ccccc1. The van der Waals surface area contributed by atoms with E-state index in [1.54, 1.807) is 6.08 Å². The molecule has 3 heteroatoms. The van der Waals surface area contributed by atoms with Crippen molar-refractivity contribution in [2.24, 2.45) is 0 Å². The second-order valence-corrected chi connectivity index (χ2v) is 5.44. The Morgan fingerprint density at radius 3 is 2.70 bits per heavy atom. The van der Waals surface area contributed by atoms with E-state index < -0.39 is 0 Å². The van der Waals surface area contributed by atoms with Gasteiger partial charge in [0, 0.05) is 6.08 Å². The van der Waals surface area contributed by atoms with Crippen LogP contribution in [0.3, 0.4) is 0 Å². The zero-order chi connectivity index (χ0) is 14.6. The van der Waals surface area contributed by atoms with E-state index in [0.717, 1.165) is 18.4 Å². The molecule has 2 nitrogen and oxygen atoms in total. The van der Waals surface area contributed by atoms with E-state index >= 15 is 0 Å². The molecule has 0 heterocycles. The number of hydrogen-bond donors (Lipinski definition) is 0. The summed E-state index contributed by atoms with van der Waals surface area (Å²) in [6.07, 6.45) is 8.83. The summed E-state index contributed by atoms with van der Waals surface area (Å²) < 4.78 is 5.12. The van der Waals surface area contributed by atoms with E-state index in [1.807, 2.05) is 30.3 Å². The van der Waals surface area contributed by atoms with Crippen molar-refractivity contribution in [1.82, 2.24) is 0 Å². The average molecular weight is 295 g/mol. The lowest BCUT2D eigenvalue weighted by Gasteiger charge is -2.08. The minimum absolute atomic E-state index is 0.0825. The molecule has 0 radical (unpaired) electrons. The van der Waals surface area contributed by atoms with Gasteiger partial charge in [0.15, 0.2) is 0 Å². The van der Waals surface area contributed by atoms with Crippen LogP contribution in [0, 0.1) is 0 Å². The predicted octanol–water partition coefficient (Wildman–Crippen LogP) is 4.82. The number of benzene rings is 1. The Morgan fingerprint density at radius 2 is 2.00 bits per heavy atom. The molecule has 0 aliphatic heterocycles. The number of alkyl halides is 1. The lowest BCUT2D eigenvalue weighted by atomic mass is 10.1. The van der Waals surface area contributed by atoms with Crippen molar-refractivity contribution >= 4 is 23.6 Å². The number of halogens is 1. The average Bonchev–Trinajstić information content (AvgIpc) is 2.48. The quantitative estimate of drug-likeness (QED) is 0.282. The maximum absolute atomic E-state index is 11.5. The third-order valence-electron chi connectivity index (χ3n) is 2.99. The van der Waals surface area contributed by atoms with Crippen LogP contribution < -0.4 is 0 Å². The highest BCUT2D eigenvalue weighted by Crippen LogP contribution is 2.11. The highest BCUT2D eigenvalue weighted by Gasteiger charge is 2.07. The van der Waals surface area contributed by atoms with Crippen molar-refractivity contribution in [3.63, 3.8) is 0 Å². The number of esters is 1. The first-order valence-corrected chi connectivity index (χ1v) is 7.70. The highest BCUT2D eigenvalue weighted by atomic mass is 35.5. The fourth-order valence-corrected chi connectivity index (χ4v) is 2.04. The lowest BCUT2D eigenvalue weighted by Crippen LogP contribution is -2.12. The summed E-state index contributed by atoms with van der Waals surface area (Å²) in [4.78, 5) is 11.5. The first-order chi connectivity index (χ1) is 9.72. The van der Waals surface area contributed by atoms with Gasteiger partial charge in [0.1, 0.15) is 6.61 Å². The van der Waals surface area contributed by atoms with Crippen molar-refractivity contribution in [2.45, 2.75) is 44.4 Å². The molecule has 0 aliphatic rings. The predicted molar refractivity (Wildman–Crippen MR) is 84.8 cm³/mol. The van der Waals surface area contributed by atoms with Gasteiger partial charge < -0.3 is 4.74 Å². The Balaban J connectivity index is 2.17. The maximum Gasteiger partial charge on any atom is 0.330 e. The van der Waals surface area contributed by atoms with Crippen LogP contribution in [-0.2, 0) is 9.53 Å². The summed E-state index contributed by atoms with van der Waals surface area (Å²) in [5.41, 5.74) is 0.978. The lowest BCUT2D eigenvalue weighted by molar-refractivity contribution is -0.137.